The van der Waals surface area contributed by atoms with Crippen LogP contribution in [0.4, 0.5) is 0 Å². The number of benzene rings is 1. The van der Waals surface area contributed by atoms with E-state index in [0.29, 0.717) is 5.56 Å². The Balaban J connectivity index is 2.63. The van der Waals surface area contributed by atoms with E-state index in [-0.39, 0.29) is 11.4 Å². The Kier molecular flexibility index (Phi) is 3.31. The van der Waals surface area contributed by atoms with Crippen LogP contribution < -0.4 is 0 Å². The van der Waals surface area contributed by atoms with Crippen molar-refractivity contribution in [2.45, 2.75) is 33.1 Å². The van der Waals surface area contributed by atoms with Gasteiger partial charge in [0.1, 0.15) is 0 Å². The lowest BCUT2D eigenvalue weighted by molar-refractivity contribution is 0.0599. The zero-order valence-corrected chi connectivity index (χ0v) is 12.1. The van der Waals surface area contributed by atoms with Crippen LogP contribution >= 0.6 is 0 Å². The third kappa shape index (κ3) is 2.46. The predicted molar refractivity (Wildman–Crippen MR) is 76.5 cm³/mol. The standard InChI is InChI=1S/C16H19NO2/c1-10-12-7-6-11(16(2,3)4)8-14(12)17-9-13(10)15(18)19-5/h6-9H,1-5H3. The first-order valence-electron chi connectivity index (χ1n) is 6.33. The number of esters is 1. The fourth-order valence-corrected chi connectivity index (χ4v) is 2.11. The predicted octanol–water partition coefficient (Wildman–Crippen LogP) is 3.63. The summed E-state index contributed by atoms with van der Waals surface area (Å²) >= 11 is 0. The summed E-state index contributed by atoms with van der Waals surface area (Å²) in [6, 6.07) is 6.21. The minimum atomic E-state index is -0.341. The van der Waals surface area contributed by atoms with Crippen molar-refractivity contribution >= 4 is 16.9 Å². The molecule has 0 radical (unpaired) electrons. The summed E-state index contributed by atoms with van der Waals surface area (Å²) in [5.41, 5.74) is 3.68. The molecule has 0 aliphatic rings. The third-order valence-electron chi connectivity index (χ3n) is 3.41. The molecule has 0 fully saturated rings. The summed E-state index contributed by atoms with van der Waals surface area (Å²) in [4.78, 5) is 16.0. The second kappa shape index (κ2) is 4.65. The van der Waals surface area contributed by atoms with Crippen molar-refractivity contribution in [3.8, 4) is 0 Å². The number of hydrogen-bond donors (Lipinski definition) is 0. The normalized spacial score (nSPS) is 11.6. The molecule has 0 unspecified atom stereocenters. The van der Waals surface area contributed by atoms with Gasteiger partial charge in [-0.15, -0.1) is 0 Å². The molecule has 2 aromatic rings. The Morgan fingerprint density at radius 2 is 1.95 bits per heavy atom. The van der Waals surface area contributed by atoms with Gasteiger partial charge in [0, 0.05) is 11.6 Å². The molecule has 0 bridgehead atoms. The van der Waals surface area contributed by atoms with Crippen LogP contribution in [0.3, 0.4) is 0 Å². The molecule has 1 aromatic carbocycles. The van der Waals surface area contributed by atoms with E-state index >= 15 is 0 Å². The number of carbonyl (C=O) groups is 1. The first-order valence-corrected chi connectivity index (χ1v) is 6.33. The molecule has 2 rings (SSSR count). The maximum absolute atomic E-state index is 11.6. The number of nitrogens with zero attached hydrogens (tertiary/aromatic N) is 1. The average molecular weight is 257 g/mol. The fraction of sp³-hybridized carbons (Fsp3) is 0.375. The summed E-state index contributed by atoms with van der Waals surface area (Å²) in [6.07, 6.45) is 1.59. The number of aryl methyl sites for hydroxylation is 1. The van der Waals surface area contributed by atoms with E-state index in [9.17, 15) is 4.79 Å². The van der Waals surface area contributed by atoms with Gasteiger partial charge in [-0.25, -0.2) is 4.79 Å². The first-order chi connectivity index (χ1) is 8.84. The molecule has 0 saturated carbocycles. The van der Waals surface area contributed by atoms with Gasteiger partial charge in [0.15, 0.2) is 0 Å². The smallest absolute Gasteiger partial charge is 0.339 e. The third-order valence-corrected chi connectivity index (χ3v) is 3.41. The summed E-state index contributed by atoms with van der Waals surface area (Å²) in [5, 5.41) is 0.996. The lowest BCUT2D eigenvalue weighted by atomic mass is 9.86. The van der Waals surface area contributed by atoms with Gasteiger partial charge in [-0.3, -0.25) is 4.98 Å². The van der Waals surface area contributed by atoms with Crippen molar-refractivity contribution < 1.29 is 9.53 Å². The van der Waals surface area contributed by atoms with Crippen molar-refractivity contribution in [1.29, 1.82) is 0 Å². The van der Waals surface area contributed by atoms with Crippen LogP contribution in [-0.4, -0.2) is 18.1 Å². The number of ether oxygens (including phenoxy) is 1. The minimum absolute atomic E-state index is 0.0881. The van der Waals surface area contributed by atoms with Crippen LogP contribution in [0, 0.1) is 6.92 Å². The molecule has 0 atom stereocenters. The number of rotatable bonds is 1. The van der Waals surface area contributed by atoms with Gasteiger partial charge in [-0.2, -0.15) is 0 Å². The topological polar surface area (TPSA) is 39.2 Å². The van der Waals surface area contributed by atoms with Crippen molar-refractivity contribution in [1.82, 2.24) is 4.98 Å². The molecular weight excluding hydrogens is 238 g/mol. The van der Waals surface area contributed by atoms with Crippen molar-refractivity contribution in [2.24, 2.45) is 0 Å². The molecule has 1 heterocycles. The summed E-state index contributed by atoms with van der Waals surface area (Å²) in [6.45, 7) is 8.44. The molecular formula is C16H19NO2. The molecule has 100 valence electrons. The summed E-state index contributed by atoms with van der Waals surface area (Å²) < 4.78 is 4.77. The Bertz CT molecular complexity index is 639. The van der Waals surface area contributed by atoms with E-state index in [1.54, 1.807) is 6.20 Å². The molecule has 0 amide bonds. The SMILES string of the molecule is COC(=O)c1cnc2cc(C(C)(C)C)ccc2c1C. The van der Waals surface area contributed by atoms with Gasteiger partial charge < -0.3 is 4.74 Å². The van der Waals surface area contributed by atoms with Gasteiger partial charge in [0.05, 0.1) is 18.2 Å². The number of pyridine rings is 1. The highest BCUT2D eigenvalue weighted by atomic mass is 16.5. The van der Waals surface area contributed by atoms with Crippen LogP contribution in [0.1, 0.15) is 42.3 Å². The summed E-state index contributed by atoms with van der Waals surface area (Å²) in [7, 11) is 1.38. The Morgan fingerprint density at radius 1 is 1.26 bits per heavy atom. The van der Waals surface area contributed by atoms with E-state index < -0.39 is 0 Å². The quantitative estimate of drug-likeness (QED) is 0.732. The van der Waals surface area contributed by atoms with Gasteiger partial charge >= 0.3 is 5.97 Å². The van der Waals surface area contributed by atoms with Crippen LogP contribution in [0.15, 0.2) is 24.4 Å². The number of hydrogen-bond acceptors (Lipinski definition) is 3. The Morgan fingerprint density at radius 3 is 2.53 bits per heavy atom. The van der Waals surface area contributed by atoms with E-state index in [1.807, 2.05) is 13.0 Å². The van der Waals surface area contributed by atoms with Crippen LogP contribution in [-0.2, 0) is 10.2 Å². The van der Waals surface area contributed by atoms with Gasteiger partial charge in [-0.1, -0.05) is 32.9 Å². The van der Waals surface area contributed by atoms with Crippen LogP contribution in [0.5, 0.6) is 0 Å². The first kappa shape index (κ1) is 13.5. The lowest BCUT2D eigenvalue weighted by Crippen LogP contribution is -2.11. The molecule has 0 N–H and O–H groups in total. The maximum atomic E-state index is 11.6. The highest BCUT2D eigenvalue weighted by Crippen LogP contribution is 2.27. The van der Waals surface area contributed by atoms with Gasteiger partial charge in [-0.05, 0) is 29.5 Å². The highest BCUT2D eigenvalue weighted by Gasteiger charge is 2.16. The highest BCUT2D eigenvalue weighted by molar-refractivity contribution is 5.96. The molecule has 0 saturated heterocycles. The largest absolute Gasteiger partial charge is 0.465 e. The number of methoxy groups -OCH3 is 1. The van der Waals surface area contributed by atoms with E-state index in [1.165, 1.54) is 12.7 Å². The van der Waals surface area contributed by atoms with Crippen molar-refractivity contribution in [3.63, 3.8) is 0 Å². The Hall–Kier alpha value is -1.90. The number of fused-ring (bicyclic) bond motifs is 1. The van der Waals surface area contributed by atoms with Crippen LogP contribution in [0.25, 0.3) is 10.9 Å². The monoisotopic (exact) mass is 257 g/mol. The summed E-state index contributed by atoms with van der Waals surface area (Å²) in [5.74, 6) is -0.341. The molecule has 3 heteroatoms. The zero-order valence-electron chi connectivity index (χ0n) is 12.1. The van der Waals surface area contributed by atoms with Crippen LogP contribution in [0.2, 0.25) is 0 Å². The molecule has 0 aliphatic carbocycles. The van der Waals surface area contributed by atoms with E-state index in [4.69, 9.17) is 4.74 Å². The van der Waals surface area contributed by atoms with Gasteiger partial charge in [0.2, 0.25) is 0 Å². The van der Waals surface area contributed by atoms with Crippen molar-refractivity contribution in [2.75, 3.05) is 7.11 Å². The van der Waals surface area contributed by atoms with E-state index in [2.05, 4.69) is 37.9 Å². The second-order valence-electron chi connectivity index (χ2n) is 5.77. The van der Waals surface area contributed by atoms with E-state index in [0.717, 1.165) is 16.5 Å². The second-order valence-corrected chi connectivity index (χ2v) is 5.77. The van der Waals surface area contributed by atoms with Gasteiger partial charge in [0.25, 0.3) is 0 Å². The molecule has 1 aromatic heterocycles. The molecule has 0 aliphatic heterocycles. The Labute approximate surface area is 113 Å². The molecule has 0 spiro atoms. The van der Waals surface area contributed by atoms with Crippen molar-refractivity contribution in [3.05, 3.63) is 41.1 Å². The average Bonchev–Trinajstić information content (AvgIpc) is 2.37. The lowest BCUT2D eigenvalue weighted by Gasteiger charge is -2.19. The maximum Gasteiger partial charge on any atom is 0.339 e. The number of aromatic nitrogens is 1. The molecule has 19 heavy (non-hydrogen) atoms. The molecule has 3 nitrogen and oxygen atoms in total. The fourth-order valence-electron chi connectivity index (χ4n) is 2.11. The minimum Gasteiger partial charge on any atom is -0.465 e. The zero-order chi connectivity index (χ0) is 14.2. The number of carbonyl (C=O) groups excluding carboxylic acids is 1.